The van der Waals surface area contributed by atoms with E-state index < -0.39 is 0 Å². The Morgan fingerprint density at radius 1 is 1.47 bits per heavy atom. The summed E-state index contributed by atoms with van der Waals surface area (Å²) in [6.07, 6.45) is 4.36. The average Bonchev–Trinajstić information content (AvgIpc) is 2.27. The SMILES string of the molecule is CCC1(NC(=O)c2cccc(C)c2N)CCC1. The van der Waals surface area contributed by atoms with Crippen molar-refractivity contribution in [3.8, 4) is 0 Å². The number of nitrogen functional groups attached to an aromatic ring is 1. The normalized spacial score (nSPS) is 17.3. The van der Waals surface area contributed by atoms with Gasteiger partial charge in [0.15, 0.2) is 0 Å². The summed E-state index contributed by atoms with van der Waals surface area (Å²) in [6, 6.07) is 5.59. The van der Waals surface area contributed by atoms with Crippen LogP contribution in [0.25, 0.3) is 0 Å². The first-order valence-corrected chi connectivity index (χ1v) is 6.25. The Balaban J connectivity index is 2.17. The molecule has 0 saturated heterocycles. The van der Waals surface area contributed by atoms with Crippen LogP contribution in [-0.4, -0.2) is 11.4 Å². The number of anilines is 1. The molecule has 3 heteroatoms. The summed E-state index contributed by atoms with van der Waals surface area (Å²) in [4.78, 5) is 12.2. The van der Waals surface area contributed by atoms with Crippen molar-refractivity contribution in [1.29, 1.82) is 0 Å². The third kappa shape index (κ3) is 2.14. The van der Waals surface area contributed by atoms with Gasteiger partial charge in [0, 0.05) is 11.2 Å². The van der Waals surface area contributed by atoms with Gasteiger partial charge in [0.05, 0.1) is 5.56 Å². The van der Waals surface area contributed by atoms with Crippen molar-refractivity contribution in [3.05, 3.63) is 29.3 Å². The minimum Gasteiger partial charge on any atom is -0.398 e. The van der Waals surface area contributed by atoms with Crippen molar-refractivity contribution in [2.75, 3.05) is 5.73 Å². The van der Waals surface area contributed by atoms with Crippen LogP contribution in [-0.2, 0) is 0 Å². The highest BCUT2D eigenvalue weighted by Gasteiger charge is 2.36. The molecule has 1 aromatic carbocycles. The standard InChI is InChI=1S/C14H20N2O/c1-3-14(8-5-9-14)16-13(17)11-7-4-6-10(2)12(11)15/h4,6-7H,3,5,8-9,15H2,1-2H3,(H,16,17). The molecule has 3 nitrogen and oxygen atoms in total. The first kappa shape index (κ1) is 12.0. The first-order chi connectivity index (χ1) is 8.08. The molecule has 1 fully saturated rings. The Bertz CT molecular complexity index is 430. The van der Waals surface area contributed by atoms with Crippen LogP contribution in [0.2, 0.25) is 0 Å². The highest BCUT2D eigenvalue weighted by molar-refractivity contribution is 6.00. The third-order valence-electron chi connectivity index (χ3n) is 3.93. The highest BCUT2D eigenvalue weighted by Crippen LogP contribution is 2.35. The zero-order chi connectivity index (χ0) is 12.5. The van der Waals surface area contributed by atoms with Crippen LogP contribution in [0.5, 0.6) is 0 Å². The van der Waals surface area contributed by atoms with Crippen LogP contribution >= 0.6 is 0 Å². The Labute approximate surface area is 102 Å². The molecule has 1 amide bonds. The van der Waals surface area contributed by atoms with E-state index in [9.17, 15) is 4.79 Å². The monoisotopic (exact) mass is 232 g/mol. The van der Waals surface area contributed by atoms with E-state index in [1.807, 2.05) is 19.1 Å². The number of nitrogens with one attached hydrogen (secondary N) is 1. The molecule has 0 spiro atoms. The van der Waals surface area contributed by atoms with Gasteiger partial charge in [-0.3, -0.25) is 4.79 Å². The van der Waals surface area contributed by atoms with Crippen molar-refractivity contribution in [2.24, 2.45) is 0 Å². The molecular weight excluding hydrogens is 212 g/mol. The lowest BCUT2D eigenvalue weighted by molar-refractivity contribution is 0.0821. The second-order valence-corrected chi connectivity index (χ2v) is 4.98. The van der Waals surface area contributed by atoms with E-state index in [0.29, 0.717) is 11.3 Å². The van der Waals surface area contributed by atoms with Gasteiger partial charge < -0.3 is 11.1 Å². The molecule has 1 aliphatic rings. The third-order valence-corrected chi connectivity index (χ3v) is 3.93. The van der Waals surface area contributed by atoms with E-state index in [-0.39, 0.29) is 11.4 Å². The number of carbonyl (C=O) groups excluding carboxylic acids is 1. The minimum absolute atomic E-state index is 0.0211. The van der Waals surface area contributed by atoms with Gasteiger partial charge >= 0.3 is 0 Å². The largest absolute Gasteiger partial charge is 0.398 e. The second kappa shape index (κ2) is 4.40. The number of nitrogens with two attached hydrogens (primary N) is 1. The number of amides is 1. The van der Waals surface area contributed by atoms with E-state index in [0.717, 1.165) is 24.8 Å². The Morgan fingerprint density at radius 2 is 2.18 bits per heavy atom. The Morgan fingerprint density at radius 3 is 2.71 bits per heavy atom. The van der Waals surface area contributed by atoms with Gasteiger partial charge in [-0.05, 0) is 44.2 Å². The lowest BCUT2D eigenvalue weighted by Gasteiger charge is -2.42. The van der Waals surface area contributed by atoms with Gasteiger partial charge in [-0.15, -0.1) is 0 Å². The molecule has 0 bridgehead atoms. The van der Waals surface area contributed by atoms with Crippen LogP contribution in [0.4, 0.5) is 5.69 Å². The van der Waals surface area contributed by atoms with Crippen LogP contribution in [0.15, 0.2) is 18.2 Å². The molecular formula is C14H20N2O. The summed E-state index contributed by atoms with van der Waals surface area (Å²) in [7, 11) is 0. The zero-order valence-corrected chi connectivity index (χ0v) is 10.5. The number of carbonyl (C=O) groups is 1. The van der Waals surface area contributed by atoms with E-state index >= 15 is 0 Å². The predicted molar refractivity (Wildman–Crippen MR) is 69.9 cm³/mol. The predicted octanol–water partition coefficient (Wildman–Crippen LogP) is 2.64. The molecule has 0 heterocycles. The van der Waals surface area contributed by atoms with Crippen molar-refractivity contribution in [1.82, 2.24) is 5.32 Å². The maximum Gasteiger partial charge on any atom is 0.253 e. The molecule has 0 atom stereocenters. The van der Waals surface area contributed by atoms with Crippen molar-refractivity contribution >= 4 is 11.6 Å². The quantitative estimate of drug-likeness (QED) is 0.787. The first-order valence-electron chi connectivity index (χ1n) is 6.25. The number of para-hydroxylation sites is 1. The lowest BCUT2D eigenvalue weighted by atomic mass is 9.74. The van der Waals surface area contributed by atoms with Gasteiger partial charge in [0.2, 0.25) is 0 Å². The summed E-state index contributed by atoms with van der Waals surface area (Å²) < 4.78 is 0. The number of benzene rings is 1. The molecule has 0 aliphatic heterocycles. The Hall–Kier alpha value is -1.51. The Kier molecular flexibility index (Phi) is 3.09. The molecule has 0 unspecified atom stereocenters. The second-order valence-electron chi connectivity index (χ2n) is 4.98. The van der Waals surface area contributed by atoms with Crippen molar-refractivity contribution in [3.63, 3.8) is 0 Å². The number of hydrogen-bond acceptors (Lipinski definition) is 2. The van der Waals surface area contributed by atoms with Gasteiger partial charge in [-0.1, -0.05) is 19.1 Å². The zero-order valence-electron chi connectivity index (χ0n) is 10.5. The van der Waals surface area contributed by atoms with Gasteiger partial charge in [-0.2, -0.15) is 0 Å². The molecule has 1 aromatic rings. The smallest absolute Gasteiger partial charge is 0.253 e. The summed E-state index contributed by atoms with van der Waals surface area (Å²) in [5.41, 5.74) is 8.11. The van der Waals surface area contributed by atoms with Crippen molar-refractivity contribution in [2.45, 2.75) is 45.1 Å². The van der Waals surface area contributed by atoms with E-state index in [1.165, 1.54) is 6.42 Å². The van der Waals surface area contributed by atoms with E-state index in [4.69, 9.17) is 5.73 Å². The summed E-state index contributed by atoms with van der Waals surface area (Å²) in [6.45, 7) is 4.05. The summed E-state index contributed by atoms with van der Waals surface area (Å²) in [5, 5.41) is 3.14. The molecule has 17 heavy (non-hydrogen) atoms. The van der Waals surface area contributed by atoms with Crippen LogP contribution < -0.4 is 11.1 Å². The molecule has 1 aliphatic carbocycles. The fraction of sp³-hybridized carbons (Fsp3) is 0.500. The maximum atomic E-state index is 12.2. The van der Waals surface area contributed by atoms with Crippen LogP contribution in [0.1, 0.15) is 48.5 Å². The van der Waals surface area contributed by atoms with Gasteiger partial charge in [-0.25, -0.2) is 0 Å². The molecule has 1 saturated carbocycles. The average molecular weight is 232 g/mol. The highest BCUT2D eigenvalue weighted by atomic mass is 16.1. The van der Waals surface area contributed by atoms with Crippen LogP contribution in [0.3, 0.4) is 0 Å². The molecule has 0 radical (unpaired) electrons. The topological polar surface area (TPSA) is 55.1 Å². The molecule has 3 N–H and O–H groups in total. The molecule has 2 rings (SSSR count). The van der Waals surface area contributed by atoms with E-state index in [2.05, 4.69) is 12.2 Å². The van der Waals surface area contributed by atoms with Gasteiger partial charge in [0.25, 0.3) is 5.91 Å². The molecule has 0 aromatic heterocycles. The summed E-state index contributed by atoms with van der Waals surface area (Å²) >= 11 is 0. The van der Waals surface area contributed by atoms with E-state index in [1.54, 1.807) is 6.07 Å². The van der Waals surface area contributed by atoms with Crippen LogP contribution in [0, 0.1) is 6.92 Å². The lowest BCUT2D eigenvalue weighted by Crippen LogP contribution is -2.53. The fourth-order valence-electron chi connectivity index (χ4n) is 2.36. The fourth-order valence-corrected chi connectivity index (χ4v) is 2.36. The summed E-state index contributed by atoms with van der Waals surface area (Å²) in [5.74, 6) is -0.0345. The van der Waals surface area contributed by atoms with Gasteiger partial charge in [0.1, 0.15) is 0 Å². The molecule has 92 valence electrons. The van der Waals surface area contributed by atoms with Crippen molar-refractivity contribution < 1.29 is 4.79 Å². The number of aryl methyl sites for hydroxylation is 1. The maximum absolute atomic E-state index is 12.2. The minimum atomic E-state index is -0.0345. The number of rotatable bonds is 3. The number of hydrogen-bond donors (Lipinski definition) is 2.